The van der Waals surface area contributed by atoms with E-state index in [2.05, 4.69) is 5.32 Å². The van der Waals surface area contributed by atoms with Crippen molar-refractivity contribution in [3.8, 4) is 0 Å². The van der Waals surface area contributed by atoms with Gasteiger partial charge in [0.05, 0.1) is 0 Å². The van der Waals surface area contributed by atoms with Crippen LogP contribution in [-0.2, 0) is 9.59 Å². The minimum Gasteiger partial charge on any atom is -0.356 e. The fraction of sp³-hybridized carbons (Fsp3) is 0.500. The van der Waals surface area contributed by atoms with Crippen LogP contribution in [0.3, 0.4) is 0 Å². The van der Waals surface area contributed by atoms with Gasteiger partial charge in [0.15, 0.2) is 0 Å². The van der Waals surface area contributed by atoms with E-state index in [1.165, 1.54) is 6.92 Å². The minimum absolute atomic E-state index is 0.0283. The highest BCUT2D eigenvalue weighted by Crippen LogP contribution is 2.20. The SMILES string of the molecule is CC(=O)NC[C@H]1CCCN(C(=O)[C@H](N)c2ccccc2)C1. The van der Waals surface area contributed by atoms with Gasteiger partial charge in [-0.05, 0) is 24.3 Å². The summed E-state index contributed by atoms with van der Waals surface area (Å²) in [6.45, 7) is 3.55. The first kappa shape index (κ1) is 15.5. The van der Waals surface area contributed by atoms with Gasteiger partial charge in [-0.3, -0.25) is 9.59 Å². The molecule has 1 aromatic rings. The fourth-order valence-corrected chi connectivity index (χ4v) is 2.72. The summed E-state index contributed by atoms with van der Waals surface area (Å²) in [5, 5.41) is 2.83. The normalized spacial score (nSPS) is 19.9. The van der Waals surface area contributed by atoms with Crippen molar-refractivity contribution in [2.45, 2.75) is 25.8 Å². The Morgan fingerprint density at radius 1 is 1.38 bits per heavy atom. The van der Waals surface area contributed by atoms with Gasteiger partial charge >= 0.3 is 0 Å². The molecule has 1 saturated heterocycles. The van der Waals surface area contributed by atoms with Crippen LogP contribution in [0.1, 0.15) is 31.4 Å². The molecule has 21 heavy (non-hydrogen) atoms. The smallest absolute Gasteiger partial charge is 0.244 e. The maximum absolute atomic E-state index is 12.5. The number of hydrogen-bond donors (Lipinski definition) is 2. The number of nitrogens with one attached hydrogen (secondary N) is 1. The van der Waals surface area contributed by atoms with Crippen LogP contribution in [0, 0.1) is 5.92 Å². The Balaban J connectivity index is 1.94. The maximum Gasteiger partial charge on any atom is 0.244 e. The Morgan fingerprint density at radius 3 is 2.76 bits per heavy atom. The molecule has 114 valence electrons. The fourth-order valence-electron chi connectivity index (χ4n) is 2.72. The van der Waals surface area contributed by atoms with Gasteiger partial charge in [0, 0.05) is 26.6 Å². The summed E-state index contributed by atoms with van der Waals surface area (Å²) in [5.74, 6) is 0.253. The van der Waals surface area contributed by atoms with Crippen molar-refractivity contribution in [1.82, 2.24) is 10.2 Å². The molecule has 5 nitrogen and oxygen atoms in total. The zero-order valence-corrected chi connectivity index (χ0v) is 12.4. The van der Waals surface area contributed by atoms with E-state index in [0.29, 0.717) is 19.0 Å². The first-order chi connectivity index (χ1) is 10.1. The number of nitrogens with zero attached hydrogens (tertiary/aromatic N) is 1. The van der Waals surface area contributed by atoms with Crippen LogP contribution in [0.5, 0.6) is 0 Å². The first-order valence-electron chi connectivity index (χ1n) is 7.41. The Labute approximate surface area is 125 Å². The van der Waals surface area contributed by atoms with Gasteiger partial charge in [0.2, 0.25) is 11.8 Å². The zero-order chi connectivity index (χ0) is 15.2. The molecule has 5 heteroatoms. The molecular weight excluding hydrogens is 266 g/mol. The van der Waals surface area contributed by atoms with Crippen molar-refractivity contribution in [3.63, 3.8) is 0 Å². The van der Waals surface area contributed by atoms with Crippen LogP contribution < -0.4 is 11.1 Å². The van der Waals surface area contributed by atoms with Crippen LogP contribution in [0.4, 0.5) is 0 Å². The molecule has 2 rings (SSSR count). The number of benzene rings is 1. The largest absolute Gasteiger partial charge is 0.356 e. The summed E-state index contributed by atoms with van der Waals surface area (Å²) in [6.07, 6.45) is 1.99. The molecule has 2 amide bonds. The van der Waals surface area contributed by atoms with Gasteiger partial charge in [-0.1, -0.05) is 30.3 Å². The predicted molar refractivity (Wildman–Crippen MR) is 81.4 cm³/mol. The van der Waals surface area contributed by atoms with Crippen molar-refractivity contribution in [2.75, 3.05) is 19.6 Å². The van der Waals surface area contributed by atoms with Gasteiger partial charge < -0.3 is 16.0 Å². The monoisotopic (exact) mass is 289 g/mol. The van der Waals surface area contributed by atoms with E-state index in [1.54, 1.807) is 0 Å². The van der Waals surface area contributed by atoms with Crippen LogP contribution in [0.2, 0.25) is 0 Å². The first-order valence-corrected chi connectivity index (χ1v) is 7.41. The molecule has 1 aliphatic heterocycles. The van der Waals surface area contributed by atoms with Crippen molar-refractivity contribution in [3.05, 3.63) is 35.9 Å². The highest BCUT2D eigenvalue weighted by atomic mass is 16.2. The topological polar surface area (TPSA) is 75.4 Å². The molecular formula is C16H23N3O2. The molecule has 0 saturated carbocycles. The molecule has 1 aromatic carbocycles. The third kappa shape index (κ3) is 4.29. The lowest BCUT2D eigenvalue weighted by atomic mass is 9.96. The highest BCUT2D eigenvalue weighted by Gasteiger charge is 2.27. The summed E-state index contributed by atoms with van der Waals surface area (Å²) < 4.78 is 0. The number of rotatable bonds is 4. The number of likely N-dealkylation sites (tertiary alicyclic amines) is 1. The summed E-state index contributed by atoms with van der Waals surface area (Å²) in [7, 11) is 0. The van der Waals surface area contributed by atoms with Gasteiger partial charge in [-0.15, -0.1) is 0 Å². The minimum atomic E-state index is -0.606. The van der Waals surface area contributed by atoms with Crippen LogP contribution in [0.15, 0.2) is 30.3 Å². The molecule has 1 fully saturated rings. The Hall–Kier alpha value is -1.88. The highest BCUT2D eigenvalue weighted by molar-refractivity contribution is 5.83. The predicted octanol–water partition coefficient (Wildman–Crippen LogP) is 1.06. The molecule has 0 unspecified atom stereocenters. The van der Waals surface area contributed by atoms with Crippen LogP contribution >= 0.6 is 0 Å². The molecule has 1 heterocycles. The summed E-state index contributed by atoms with van der Waals surface area (Å²) in [4.78, 5) is 25.3. The zero-order valence-electron chi connectivity index (χ0n) is 12.4. The molecule has 0 aromatic heterocycles. The molecule has 0 spiro atoms. The molecule has 0 radical (unpaired) electrons. The number of amides is 2. The second-order valence-corrected chi connectivity index (χ2v) is 5.62. The second kappa shape index (κ2) is 7.22. The summed E-state index contributed by atoms with van der Waals surface area (Å²) in [5.41, 5.74) is 6.92. The lowest BCUT2D eigenvalue weighted by molar-refractivity contribution is -0.134. The Morgan fingerprint density at radius 2 is 2.10 bits per heavy atom. The second-order valence-electron chi connectivity index (χ2n) is 5.62. The average molecular weight is 289 g/mol. The summed E-state index contributed by atoms with van der Waals surface area (Å²) >= 11 is 0. The lowest BCUT2D eigenvalue weighted by Crippen LogP contribution is -2.46. The number of carbonyl (C=O) groups is 2. The molecule has 3 N–H and O–H groups in total. The Kier molecular flexibility index (Phi) is 5.33. The van der Waals surface area contributed by atoms with Gasteiger partial charge in [-0.2, -0.15) is 0 Å². The van der Waals surface area contributed by atoms with Crippen molar-refractivity contribution >= 4 is 11.8 Å². The standard InChI is InChI=1S/C16H23N3O2/c1-12(20)18-10-13-6-5-9-19(11-13)16(21)15(17)14-7-3-2-4-8-14/h2-4,7-8,13,15H,5-6,9-11,17H2,1H3,(H,18,20)/t13-,15-/m1/s1. The number of hydrogen-bond acceptors (Lipinski definition) is 3. The molecule has 0 aliphatic carbocycles. The van der Waals surface area contributed by atoms with E-state index in [0.717, 1.165) is 24.9 Å². The average Bonchev–Trinajstić information content (AvgIpc) is 2.52. The lowest BCUT2D eigenvalue weighted by Gasteiger charge is -2.34. The number of nitrogens with two attached hydrogens (primary N) is 1. The molecule has 2 atom stereocenters. The van der Waals surface area contributed by atoms with Gasteiger partial charge in [0.1, 0.15) is 6.04 Å². The van der Waals surface area contributed by atoms with Gasteiger partial charge in [0.25, 0.3) is 0 Å². The quantitative estimate of drug-likeness (QED) is 0.870. The number of piperidine rings is 1. The van der Waals surface area contributed by atoms with Crippen LogP contribution in [-0.4, -0.2) is 36.3 Å². The summed E-state index contributed by atoms with van der Waals surface area (Å²) in [6, 6.07) is 8.83. The van der Waals surface area contributed by atoms with Crippen LogP contribution in [0.25, 0.3) is 0 Å². The van der Waals surface area contributed by atoms with E-state index in [-0.39, 0.29) is 11.8 Å². The van der Waals surface area contributed by atoms with E-state index < -0.39 is 6.04 Å². The third-order valence-corrected chi connectivity index (χ3v) is 3.90. The van der Waals surface area contributed by atoms with Crippen molar-refractivity contribution < 1.29 is 9.59 Å². The van der Waals surface area contributed by atoms with Crippen molar-refractivity contribution in [1.29, 1.82) is 0 Å². The van der Waals surface area contributed by atoms with E-state index in [1.807, 2.05) is 35.2 Å². The van der Waals surface area contributed by atoms with E-state index >= 15 is 0 Å². The Bertz CT molecular complexity index is 490. The number of carbonyl (C=O) groups excluding carboxylic acids is 2. The van der Waals surface area contributed by atoms with E-state index in [4.69, 9.17) is 5.73 Å². The molecule has 0 bridgehead atoms. The van der Waals surface area contributed by atoms with Crippen molar-refractivity contribution in [2.24, 2.45) is 11.7 Å². The van der Waals surface area contributed by atoms with E-state index in [9.17, 15) is 9.59 Å². The molecule has 1 aliphatic rings. The third-order valence-electron chi connectivity index (χ3n) is 3.90. The maximum atomic E-state index is 12.5. The van der Waals surface area contributed by atoms with Gasteiger partial charge in [-0.25, -0.2) is 0 Å².